The van der Waals surface area contributed by atoms with Gasteiger partial charge in [0.15, 0.2) is 0 Å². The van der Waals surface area contributed by atoms with Crippen LogP contribution in [-0.4, -0.2) is 20.3 Å². The predicted octanol–water partition coefficient (Wildman–Crippen LogP) is 5.55. The van der Waals surface area contributed by atoms with Gasteiger partial charge in [0.25, 0.3) is 0 Å². The van der Waals surface area contributed by atoms with Crippen LogP contribution in [0.15, 0.2) is 12.1 Å². The van der Waals surface area contributed by atoms with Gasteiger partial charge >= 0.3 is 0 Å². The molecule has 2 rings (SSSR count). The fourth-order valence-electron chi connectivity index (χ4n) is 3.93. The number of hydrogen-bond donors (Lipinski definition) is 1. The van der Waals surface area contributed by atoms with Crippen molar-refractivity contribution in [2.75, 3.05) is 7.11 Å². The molecule has 1 aromatic rings. The lowest BCUT2D eigenvalue weighted by atomic mass is 9.95. The van der Waals surface area contributed by atoms with Crippen LogP contribution in [0.25, 0.3) is 0 Å². The second-order valence-corrected chi connectivity index (χ2v) is 12.6. The van der Waals surface area contributed by atoms with Crippen molar-refractivity contribution in [3.63, 3.8) is 0 Å². The monoisotopic (exact) mass is 334 g/mol. The Bertz CT molecular complexity index is 505. The Hall–Kier alpha value is -0.963. The summed E-state index contributed by atoms with van der Waals surface area (Å²) in [5.41, 5.74) is 1.06. The number of unbranched alkanes of at least 4 members (excludes halogenated alkanes) is 3. The molecular formula is C20H34O2Si. The van der Waals surface area contributed by atoms with Crippen LogP contribution in [0.2, 0.25) is 19.1 Å². The highest BCUT2D eigenvalue weighted by Crippen LogP contribution is 2.43. The maximum atomic E-state index is 10.7. The molecule has 0 heterocycles. The Balaban J connectivity index is 2.20. The maximum Gasteiger partial charge on any atom is 0.125 e. The zero-order chi connectivity index (χ0) is 16.9. The lowest BCUT2D eigenvalue weighted by Crippen LogP contribution is -2.41. The zero-order valence-electron chi connectivity index (χ0n) is 15.5. The summed E-state index contributed by atoms with van der Waals surface area (Å²) in [6, 6.07) is 5.58. The van der Waals surface area contributed by atoms with Gasteiger partial charge in [-0.25, -0.2) is 0 Å². The molecule has 3 heteroatoms. The van der Waals surface area contributed by atoms with Crippen LogP contribution in [0.1, 0.15) is 69.8 Å². The molecule has 0 spiro atoms. The van der Waals surface area contributed by atoms with Gasteiger partial charge in [0.1, 0.15) is 11.5 Å². The zero-order valence-corrected chi connectivity index (χ0v) is 16.5. The molecule has 1 fully saturated rings. The van der Waals surface area contributed by atoms with Crippen LogP contribution in [0.4, 0.5) is 0 Å². The summed E-state index contributed by atoms with van der Waals surface area (Å²) in [4.78, 5) is 0. The van der Waals surface area contributed by atoms with E-state index in [9.17, 15) is 5.11 Å². The van der Waals surface area contributed by atoms with Crippen LogP contribution >= 0.6 is 0 Å². The molecule has 1 aliphatic rings. The van der Waals surface area contributed by atoms with E-state index in [2.05, 4.69) is 32.2 Å². The summed E-state index contributed by atoms with van der Waals surface area (Å²) in [6.07, 6.45) is 10.2. The number of phenols is 1. The number of ether oxygens (including phenoxy) is 1. The second kappa shape index (κ2) is 8.23. The van der Waals surface area contributed by atoms with Crippen molar-refractivity contribution in [2.45, 2.75) is 83.3 Å². The summed E-state index contributed by atoms with van der Waals surface area (Å²) >= 11 is 0. The lowest BCUT2D eigenvalue weighted by molar-refractivity contribution is 0.394. The molecule has 23 heavy (non-hydrogen) atoms. The fourth-order valence-corrected chi connectivity index (χ4v) is 6.41. The van der Waals surface area contributed by atoms with Gasteiger partial charge in [0.05, 0.1) is 15.2 Å². The quantitative estimate of drug-likeness (QED) is 0.498. The Labute approximate surface area is 143 Å². The largest absolute Gasteiger partial charge is 0.508 e. The van der Waals surface area contributed by atoms with Gasteiger partial charge in [0.2, 0.25) is 0 Å². The van der Waals surface area contributed by atoms with E-state index in [0.29, 0.717) is 11.7 Å². The fraction of sp³-hybridized carbons (Fsp3) is 0.700. The minimum Gasteiger partial charge on any atom is -0.508 e. The molecule has 0 bridgehead atoms. The van der Waals surface area contributed by atoms with Crippen LogP contribution in [0, 0.1) is 0 Å². The standard InChI is InChI=1S/C20H34O2Si/c1-5-6-7-10-13-23(3,4)17-14-18(21)20(19(15-17)22-2)16-11-8-9-12-16/h14-16,21H,5-13H2,1-4H3. The summed E-state index contributed by atoms with van der Waals surface area (Å²) in [5.74, 6) is 1.87. The van der Waals surface area contributed by atoms with Gasteiger partial charge < -0.3 is 9.84 Å². The van der Waals surface area contributed by atoms with E-state index >= 15 is 0 Å². The number of benzene rings is 1. The van der Waals surface area contributed by atoms with Crippen molar-refractivity contribution in [3.05, 3.63) is 17.7 Å². The molecule has 0 unspecified atom stereocenters. The van der Waals surface area contributed by atoms with E-state index in [-0.39, 0.29) is 0 Å². The average Bonchev–Trinajstić information content (AvgIpc) is 3.04. The number of methoxy groups -OCH3 is 1. The Morgan fingerprint density at radius 1 is 1.13 bits per heavy atom. The first kappa shape index (κ1) is 18.4. The van der Waals surface area contributed by atoms with Crippen LogP contribution in [0.3, 0.4) is 0 Å². The molecule has 1 saturated carbocycles. The van der Waals surface area contributed by atoms with Crippen LogP contribution in [0.5, 0.6) is 11.5 Å². The van der Waals surface area contributed by atoms with Crippen molar-refractivity contribution in [1.82, 2.24) is 0 Å². The molecule has 0 amide bonds. The first-order valence-electron chi connectivity index (χ1n) is 9.41. The molecule has 2 nitrogen and oxygen atoms in total. The topological polar surface area (TPSA) is 29.5 Å². The molecule has 0 radical (unpaired) electrons. The molecule has 1 N–H and O–H groups in total. The van der Waals surface area contributed by atoms with Gasteiger partial charge in [-0.05, 0) is 30.9 Å². The van der Waals surface area contributed by atoms with Crippen LogP contribution < -0.4 is 9.92 Å². The van der Waals surface area contributed by atoms with Gasteiger partial charge in [0, 0.05) is 5.56 Å². The van der Waals surface area contributed by atoms with E-state index < -0.39 is 8.07 Å². The molecule has 1 aromatic carbocycles. The minimum absolute atomic E-state index is 0.473. The Morgan fingerprint density at radius 2 is 1.83 bits per heavy atom. The third-order valence-electron chi connectivity index (χ3n) is 5.54. The average molecular weight is 335 g/mol. The number of aromatic hydroxyl groups is 1. The van der Waals surface area contributed by atoms with Gasteiger partial charge in [-0.2, -0.15) is 0 Å². The highest BCUT2D eigenvalue weighted by molar-refractivity contribution is 6.89. The molecule has 0 saturated heterocycles. The summed E-state index contributed by atoms with van der Waals surface area (Å²) in [7, 11) is 0.232. The summed E-state index contributed by atoms with van der Waals surface area (Å²) in [6.45, 7) is 7.10. The van der Waals surface area contributed by atoms with Gasteiger partial charge in [-0.3, -0.25) is 0 Å². The third kappa shape index (κ3) is 4.53. The summed E-state index contributed by atoms with van der Waals surface area (Å²) < 4.78 is 5.68. The van der Waals surface area contributed by atoms with E-state index in [1.807, 2.05) is 0 Å². The van der Waals surface area contributed by atoms with Crippen molar-refractivity contribution < 1.29 is 9.84 Å². The smallest absolute Gasteiger partial charge is 0.125 e. The maximum absolute atomic E-state index is 10.7. The SMILES string of the molecule is CCCCCC[Si](C)(C)c1cc(O)c(C2CCCC2)c(OC)c1. The lowest BCUT2D eigenvalue weighted by Gasteiger charge is -2.26. The van der Waals surface area contributed by atoms with Crippen molar-refractivity contribution >= 4 is 13.3 Å². The number of rotatable bonds is 8. The van der Waals surface area contributed by atoms with Crippen molar-refractivity contribution in [3.8, 4) is 11.5 Å². The second-order valence-electron chi connectivity index (χ2n) is 7.79. The Morgan fingerprint density at radius 3 is 2.43 bits per heavy atom. The van der Waals surface area contributed by atoms with E-state index in [1.54, 1.807) is 7.11 Å². The first-order valence-corrected chi connectivity index (χ1v) is 12.6. The highest BCUT2D eigenvalue weighted by atomic mass is 28.3. The molecule has 0 aliphatic heterocycles. The molecular weight excluding hydrogens is 300 g/mol. The van der Waals surface area contributed by atoms with Gasteiger partial charge in [-0.1, -0.05) is 69.8 Å². The number of phenolic OH excluding ortho intramolecular Hbond substituents is 1. The molecule has 1 aliphatic carbocycles. The van der Waals surface area contributed by atoms with Crippen LogP contribution in [-0.2, 0) is 0 Å². The summed E-state index contributed by atoms with van der Waals surface area (Å²) in [5, 5.41) is 12.0. The number of hydrogen-bond acceptors (Lipinski definition) is 2. The molecule has 0 atom stereocenters. The molecule has 0 aromatic heterocycles. The van der Waals surface area contributed by atoms with E-state index in [1.165, 1.54) is 62.6 Å². The minimum atomic E-state index is -1.51. The van der Waals surface area contributed by atoms with E-state index in [0.717, 1.165) is 11.3 Å². The Kier molecular flexibility index (Phi) is 6.57. The highest BCUT2D eigenvalue weighted by Gasteiger charge is 2.29. The first-order chi connectivity index (χ1) is 11.0. The van der Waals surface area contributed by atoms with Crippen molar-refractivity contribution in [1.29, 1.82) is 0 Å². The van der Waals surface area contributed by atoms with Gasteiger partial charge in [-0.15, -0.1) is 0 Å². The molecule has 130 valence electrons. The normalized spacial score (nSPS) is 16.0. The predicted molar refractivity (Wildman–Crippen MR) is 102 cm³/mol. The van der Waals surface area contributed by atoms with Crippen molar-refractivity contribution in [2.24, 2.45) is 0 Å². The third-order valence-corrected chi connectivity index (χ3v) is 9.00. The van der Waals surface area contributed by atoms with E-state index in [4.69, 9.17) is 4.74 Å².